The number of piperidine rings is 2. The molecule has 4 saturated heterocycles. The number of fused-ring (bicyclic) bond motifs is 1. The topological polar surface area (TPSA) is 61.6 Å². The summed E-state index contributed by atoms with van der Waals surface area (Å²) in [6.45, 7) is 8.11. The number of amides is 1. The van der Waals surface area contributed by atoms with E-state index in [4.69, 9.17) is 4.42 Å². The monoisotopic (exact) mass is 352 g/mol. The van der Waals surface area contributed by atoms with Crippen LogP contribution >= 0.6 is 0 Å². The Morgan fingerprint density at radius 2 is 1.88 bits per heavy atom. The lowest BCUT2D eigenvalue weighted by Gasteiger charge is -2.55. The second kappa shape index (κ2) is 5.93. The quantitative estimate of drug-likeness (QED) is 0.902. The first-order valence-electron chi connectivity index (χ1n) is 9.37. The van der Waals surface area contributed by atoms with E-state index in [9.17, 15) is 4.79 Å². The smallest absolute Gasteiger partial charge is 0.273 e. The van der Waals surface area contributed by atoms with Gasteiger partial charge in [-0.1, -0.05) is 30.3 Å². The fourth-order valence-electron chi connectivity index (χ4n) is 5.30. The molecule has 6 nitrogen and oxygen atoms in total. The third-order valence-corrected chi connectivity index (χ3v) is 6.39. The lowest BCUT2D eigenvalue weighted by molar-refractivity contribution is 0.0179. The van der Waals surface area contributed by atoms with Crippen molar-refractivity contribution < 1.29 is 9.21 Å². The van der Waals surface area contributed by atoms with E-state index in [-0.39, 0.29) is 17.4 Å². The van der Waals surface area contributed by atoms with Gasteiger partial charge in [0.2, 0.25) is 0 Å². The molecular formula is C20H24N4O2. The molecule has 3 atom stereocenters. The Balaban J connectivity index is 1.54. The van der Waals surface area contributed by atoms with Gasteiger partial charge in [-0.15, -0.1) is 0 Å². The Hall–Kier alpha value is -2.18. The second-order valence-corrected chi connectivity index (χ2v) is 7.96. The van der Waals surface area contributed by atoms with Gasteiger partial charge in [0.05, 0.1) is 0 Å². The molecule has 4 aliphatic heterocycles. The average molecular weight is 352 g/mol. The van der Waals surface area contributed by atoms with Crippen LogP contribution in [0.15, 0.2) is 41.1 Å². The molecule has 1 aromatic carbocycles. The van der Waals surface area contributed by atoms with Gasteiger partial charge in [0, 0.05) is 56.6 Å². The van der Waals surface area contributed by atoms with Crippen LogP contribution in [0.3, 0.4) is 0 Å². The molecule has 4 fully saturated rings. The molecule has 1 aromatic heterocycles. The first kappa shape index (κ1) is 16.0. The Kier molecular flexibility index (Phi) is 3.65. The number of nitrogens with zero attached hydrogens (tertiary/aromatic N) is 3. The number of rotatable bonds is 3. The van der Waals surface area contributed by atoms with Crippen molar-refractivity contribution in [2.75, 3.05) is 39.3 Å². The van der Waals surface area contributed by atoms with Crippen molar-refractivity contribution in [3.8, 4) is 0 Å². The van der Waals surface area contributed by atoms with Crippen molar-refractivity contribution in [3.63, 3.8) is 0 Å². The number of nitrogens with one attached hydrogen (secondary N) is 1. The van der Waals surface area contributed by atoms with Crippen molar-refractivity contribution in [2.45, 2.75) is 18.4 Å². The van der Waals surface area contributed by atoms with Crippen LogP contribution in [0.25, 0.3) is 0 Å². The maximum absolute atomic E-state index is 12.9. The molecule has 4 aliphatic rings. The van der Waals surface area contributed by atoms with E-state index in [1.807, 2.05) is 0 Å². The number of oxazole rings is 1. The van der Waals surface area contributed by atoms with Crippen LogP contribution in [0.2, 0.25) is 0 Å². The molecule has 5 heterocycles. The molecule has 2 aromatic rings. The molecule has 0 spiro atoms. The Morgan fingerprint density at radius 1 is 1.19 bits per heavy atom. The summed E-state index contributed by atoms with van der Waals surface area (Å²) in [5, 5.41) is 3.36. The number of hydrogen-bond acceptors (Lipinski definition) is 5. The molecule has 136 valence electrons. The fraction of sp³-hybridized carbons (Fsp3) is 0.500. The van der Waals surface area contributed by atoms with Crippen LogP contribution in [-0.2, 0) is 5.41 Å². The van der Waals surface area contributed by atoms with Crippen LogP contribution < -0.4 is 5.32 Å². The van der Waals surface area contributed by atoms with Gasteiger partial charge in [-0.3, -0.25) is 4.79 Å². The average Bonchev–Trinajstić information content (AvgIpc) is 2.92. The number of carbonyl (C=O) groups is 1. The zero-order valence-corrected chi connectivity index (χ0v) is 15.0. The van der Waals surface area contributed by atoms with Crippen molar-refractivity contribution in [1.82, 2.24) is 20.1 Å². The van der Waals surface area contributed by atoms with E-state index in [0.29, 0.717) is 17.4 Å². The van der Waals surface area contributed by atoms with Gasteiger partial charge in [-0.2, -0.15) is 0 Å². The Bertz CT molecular complexity index is 802. The molecule has 26 heavy (non-hydrogen) atoms. The number of carbonyl (C=O) groups excluding carboxylic acids is 1. The molecule has 1 N–H and O–H groups in total. The van der Waals surface area contributed by atoms with Crippen molar-refractivity contribution in [1.29, 1.82) is 0 Å². The van der Waals surface area contributed by atoms with Gasteiger partial charge in [0.1, 0.15) is 5.76 Å². The Morgan fingerprint density at radius 3 is 2.50 bits per heavy atom. The van der Waals surface area contributed by atoms with E-state index in [1.54, 1.807) is 6.92 Å². The minimum Gasteiger partial charge on any atom is -0.448 e. The van der Waals surface area contributed by atoms with E-state index >= 15 is 0 Å². The highest BCUT2D eigenvalue weighted by atomic mass is 16.3. The highest BCUT2D eigenvalue weighted by molar-refractivity contribution is 5.93. The van der Waals surface area contributed by atoms with Gasteiger partial charge >= 0.3 is 0 Å². The van der Waals surface area contributed by atoms with E-state index in [1.165, 1.54) is 12.0 Å². The predicted octanol–water partition coefficient (Wildman–Crippen LogP) is 1.28. The van der Waals surface area contributed by atoms with Crippen LogP contribution in [0, 0.1) is 12.8 Å². The van der Waals surface area contributed by atoms with E-state index in [2.05, 4.69) is 50.4 Å². The molecule has 1 amide bonds. The maximum atomic E-state index is 12.9. The zero-order valence-electron chi connectivity index (χ0n) is 15.0. The van der Waals surface area contributed by atoms with Crippen LogP contribution in [0.4, 0.5) is 0 Å². The minimum absolute atomic E-state index is 0.0772. The predicted molar refractivity (Wildman–Crippen MR) is 97.0 cm³/mol. The molecule has 2 unspecified atom stereocenters. The number of aromatic nitrogens is 1. The van der Waals surface area contributed by atoms with Crippen molar-refractivity contribution >= 4 is 5.91 Å². The summed E-state index contributed by atoms with van der Waals surface area (Å²) >= 11 is 0. The highest BCUT2D eigenvalue weighted by Gasteiger charge is 2.55. The van der Waals surface area contributed by atoms with Crippen molar-refractivity contribution in [2.24, 2.45) is 5.92 Å². The molecule has 0 radical (unpaired) electrons. The first-order valence-corrected chi connectivity index (χ1v) is 9.37. The maximum Gasteiger partial charge on any atom is 0.273 e. The third-order valence-electron chi connectivity index (χ3n) is 6.39. The van der Waals surface area contributed by atoms with E-state index in [0.717, 1.165) is 39.3 Å². The molecule has 4 bridgehead atoms. The van der Waals surface area contributed by atoms with Crippen LogP contribution in [-0.4, -0.2) is 66.0 Å². The molecule has 6 heteroatoms. The summed E-state index contributed by atoms with van der Waals surface area (Å²) < 4.78 is 5.23. The lowest BCUT2D eigenvalue weighted by atomic mass is 9.64. The first-order chi connectivity index (χ1) is 12.7. The fourth-order valence-corrected chi connectivity index (χ4v) is 5.30. The number of aryl methyl sites for hydroxylation is 1. The summed E-state index contributed by atoms with van der Waals surface area (Å²) in [5.41, 5.74) is 1.65. The molecule has 0 saturated carbocycles. The highest BCUT2D eigenvalue weighted by Crippen LogP contribution is 2.43. The standard InChI is InChI=1S/C20H24N4O2/c1-14-17(21-13-26-14)19(25)22-18-15-9-23-7-8-24(10-15)12-20(18,11-23)16-5-3-2-4-6-16/h2-6,13,15,18H,7-12H2,1H3,(H,22,25)/t15?,18-,20?/m0/s1. The summed E-state index contributed by atoms with van der Waals surface area (Å²) in [6.07, 6.45) is 1.34. The molecule has 0 aliphatic carbocycles. The van der Waals surface area contributed by atoms with Gasteiger partial charge in [-0.25, -0.2) is 4.98 Å². The zero-order chi connectivity index (χ0) is 17.7. The number of hydrogen-bond donors (Lipinski definition) is 1. The molecular weight excluding hydrogens is 328 g/mol. The van der Waals surface area contributed by atoms with E-state index < -0.39 is 0 Å². The largest absolute Gasteiger partial charge is 0.448 e. The summed E-state index contributed by atoms with van der Waals surface area (Å²) in [4.78, 5) is 22.2. The van der Waals surface area contributed by atoms with Crippen molar-refractivity contribution in [3.05, 3.63) is 53.7 Å². The summed E-state index contributed by atoms with van der Waals surface area (Å²) in [7, 11) is 0. The summed E-state index contributed by atoms with van der Waals surface area (Å²) in [6, 6.07) is 10.8. The molecule has 6 rings (SSSR count). The summed E-state index contributed by atoms with van der Waals surface area (Å²) in [5.74, 6) is 0.883. The lowest BCUT2D eigenvalue weighted by Crippen LogP contribution is -2.70. The van der Waals surface area contributed by atoms with Crippen LogP contribution in [0.5, 0.6) is 0 Å². The van der Waals surface area contributed by atoms with Gasteiger partial charge in [0.25, 0.3) is 5.91 Å². The van der Waals surface area contributed by atoms with Gasteiger partial charge in [0.15, 0.2) is 12.1 Å². The van der Waals surface area contributed by atoms with Gasteiger partial charge < -0.3 is 19.5 Å². The second-order valence-electron chi connectivity index (χ2n) is 7.96. The third kappa shape index (κ3) is 2.40. The van der Waals surface area contributed by atoms with Gasteiger partial charge in [-0.05, 0) is 12.5 Å². The SMILES string of the molecule is Cc1ocnc1C(=O)N[C@H]1C2CN3CCN(C2)CC1(c1ccccc1)C3. The number of benzene rings is 1. The van der Waals surface area contributed by atoms with Crippen LogP contribution in [0.1, 0.15) is 21.8 Å². The minimum atomic E-state index is -0.118. The Labute approximate surface area is 153 Å². The normalized spacial score (nSPS) is 35.3.